The Balaban J connectivity index is 2.16. The molecular formula is C17H12F4O. The summed E-state index contributed by atoms with van der Waals surface area (Å²) >= 11 is 0. The summed E-state index contributed by atoms with van der Waals surface area (Å²) in [4.78, 5) is 0. The third-order valence-electron chi connectivity index (χ3n) is 2.92. The Morgan fingerprint density at radius 3 is 2.05 bits per heavy atom. The molecule has 0 atom stereocenters. The molecule has 0 unspecified atom stereocenters. The minimum Gasteiger partial charge on any atom is -0.428 e. The Bertz CT molecular complexity index is 696. The van der Waals surface area contributed by atoms with Crippen LogP contribution in [0, 0.1) is 5.82 Å². The van der Waals surface area contributed by atoms with Gasteiger partial charge in [0.2, 0.25) is 0 Å². The third-order valence-corrected chi connectivity index (χ3v) is 2.92. The molecule has 5 heteroatoms. The van der Waals surface area contributed by atoms with E-state index in [4.69, 9.17) is 0 Å². The van der Waals surface area contributed by atoms with Crippen molar-refractivity contribution in [2.75, 3.05) is 0 Å². The van der Waals surface area contributed by atoms with Crippen LogP contribution in [0.25, 0.3) is 11.6 Å². The molecule has 0 aliphatic rings. The first-order valence-electron chi connectivity index (χ1n) is 6.38. The van der Waals surface area contributed by atoms with Gasteiger partial charge in [-0.1, -0.05) is 30.3 Å². The van der Waals surface area contributed by atoms with Gasteiger partial charge in [0.15, 0.2) is 0 Å². The normalized spacial score (nSPS) is 11.2. The van der Waals surface area contributed by atoms with Crippen LogP contribution in [-0.4, -0.2) is 0 Å². The van der Waals surface area contributed by atoms with Crippen LogP contribution in [0.15, 0.2) is 60.6 Å². The van der Waals surface area contributed by atoms with Crippen molar-refractivity contribution in [2.24, 2.45) is 0 Å². The smallest absolute Gasteiger partial charge is 0.344 e. The molecule has 0 bridgehead atoms. The zero-order valence-electron chi connectivity index (χ0n) is 11.6. The Morgan fingerprint density at radius 2 is 1.50 bits per heavy atom. The van der Waals surface area contributed by atoms with E-state index in [1.165, 1.54) is 24.3 Å². The lowest BCUT2D eigenvalue weighted by Crippen LogP contribution is -1.91. The first-order valence-corrected chi connectivity index (χ1v) is 6.38. The van der Waals surface area contributed by atoms with E-state index >= 15 is 0 Å². The minimum absolute atomic E-state index is 0.0244. The highest BCUT2D eigenvalue weighted by atomic mass is 19.3. The monoisotopic (exact) mass is 308 g/mol. The van der Waals surface area contributed by atoms with Gasteiger partial charge in [-0.25, -0.2) is 4.39 Å². The molecule has 0 fully saturated rings. The van der Waals surface area contributed by atoms with Crippen LogP contribution >= 0.6 is 0 Å². The van der Waals surface area contributed by atoms with Crippen molar-refractivity contribution >= 4 is 11.6 Å². The van der Waals surface area contributed by atoms with Crippen molar-refractivity contribution in [1.82, 2.24) is 0 Å². The van der Waals surface area contributed by atoms with Gasteiger partial charge in [-0.15, -0.1) is 0 Å². The molecule has 0 N–H and O–H groups in total. The highest BCUT2D eigenvalue weighted by Gasteiger charge is 2.07. The standard InChI is InChI=1S/C17H12F4O/c1-11(10-12-2-6-14(18)7-3-12)13-4-8-15(9-5-13)22-17(21)16(19)20/h2-10H,1H3/b11-10+. The summed E-state index contributed by atoms with van der Waals surface area (Å²) in [5.74, 6) is -0.338. The van der Waals surface area contributed by atoms with Crippen molar-refractivity contribution < 1.29 is 22.3 Å². The number of halogens is 4. The van der Waals surface area contributed by atoms with Gasteiger partial charge < -0.3 is 4.74 Å². The summed E-state index contributed by atoms with van der Waals surface area (Å²) in [5, 5.41) is 0. The number of allylic oxidation sites excluding steroid dienone is 1. The van der Waals surface area contributed by atoms with Gasteiger partial charge in [0.25, 0.3) is 0 Å². The number of ether oxygens (including phenoxy) is 1. The van der Waals surface area contributed by atoms with Crippen LogP contribution in [0.2, 0.25) is 0 Å². The molecule has 0 heterocycles. The van der Waals surface area contributed by atoms with Crippen molar-refractivity contribution in [3.8, 4) is 5.75 Å². The second-order valence-corrected chi connectivity index (χ2v) is 4.54. The van der Waals surface area contributed by atoms with Gasteiger partial charge in [-0.3, -0.25) is 0 Å². The largest absolute Gasteiger partial charge is 0.428 e. The van der Waals surface area contributed by atoms with E-state index in [1.807, 2.05) is 13.0 Å². The van der Waals surface area contributed by atoms with E-state index in [-0.39, 0.29) is 11.6 Å². The average molecular weight is 308 g/mol. The van der Waals surface area contributed by atoms with Crippen molar-refractivity contribution in [1.29, 1.82) is 0 Å². The van der Waals surface area contributed by atoms with E-state index < -0.39 is 12.1 Å². The summed E-state index contributed by atoms with van der Waals surface area (Å²) in [5.41, 5.74) is 2.51. The Labute approximate surface area is 125 Å². The maximum atomic E-state index is 12.8. The summed E-state index contributed by atoms with van der Waals surface area (Å²) in [6.07, 6.45) is -0.659. The molecule has 0 aliphatic heterocycles. The van der Waals surface area contributed by atoms with Crippen molar-refractivity contribution in [3.63, 3.8) is 0 Å². The maximum Gasteiger partial charge on any atom is 0.344 e. The number of hydrogen-bond acceptors (Lipinski definition) is 1. The predicted molar refractivity (Wildman–Crippen MR) is 77.4 cm³/mol. The van der Waals surface area contributed by atoms with E-state index in [1.54, 1.807) is 24.3 Å². The van der Waals surface area contributed by atoms with Crippen molar-refractivity contribution in [2.45, 2.75) is 6.92 Å². The fourth-order valence-corrected chi connectivity index (χ4v) is 1.82. The van der Waals surface area contributed by atoms with E-state index in [9.17, 15) is 17.6 Å². The minimum atomic E-state index is -2.50. The molecule has 1 nitrogen and oxygen atoms in total. The first kappa shape index (κ1) is 15.8. The molecule has 0 saturated heterocycles. The molecule has 22 heavy (non-hydrogen) atoms. The van der Waals surface area contributed by atoms with Crippen LogP contribution in [0.4, 0.5) is 17.6 Å². The fourth-order valence-electron chi connectivity index (χ4n) is 1.82. The highest BCUT2D eigenvalue weighted by molar-refractivity contribution is 5.80. The Hall–Kier alpha value is -2.56. The summed E-state index contributed by atoms with van der Waals surface area (Å²) in [7, 11) is 0. The molecule has 114 valence electrons. The molecule has 0 aliphatic carbocycles. The Kier molecular flexibility index (Phi) is 4.99. The fraction of sp³-hybridized carbons (Fsp3) is 0.0588. The number of hydrogen-bond donors (Lipinski definition) is 0. The molecule has 2 aromatic carbocycles. The Morgan fingerprint density at radius 1 is 0.909 bits per heavy atom. The molecule has 0 aromatic heterocycles. The van der Waals surface area contributed by atoms with Crippen LogP contribution in [-0.2, 0) is 0 Å². The molecule has 0 radical (unpaired) electrons. The molecule has 0 saturated carbocycles. The third kappa shape index (κ3) is 4.22. The van der Waals surface area contributed by atoms with Gasteiger partial charge in [-0.05, 0) is 47.9 Å². The average Bonchev–Trinajstić information content (AvgIpc) is 2.50. The number of rotatable bonds is 4. The lowest BCUT2D eigenvalue weighted by molar-refractivity contribution is 0.241. The first-order chi connectivity index (χ1) is 10.5. The molecular weight excluding hydrogens is 296 g/mol. The van der Waals surface area contributed by atoms with Crippen LogP contribution in [0.5, 0.6) is 5.75 Å². The van der Waals surface area contributed by atoms with Crippen LogP contribution in [0.3, 0.4) is 0 Å². The lowest BCUT2D eigenvalue weighted by Gasteiger charge is -2.05. The second kappa shape index (κ2) is 6.93. The van der Waals surface area contributed by atoms with Gasteiger partial charge in [0, 0.05) is 0 Å². The van der Waals surface area contributed by atoms with Crippen molar-refractivity contribution in [3.05, 3.63) is 77.6 Å². The molecule has 2 rings (SSSR count). The maximum absolute atomic E-state index is 12.8. The van der Waals surface area contributed by atoms with Gasteiger partial charge >= 0.3 is 12.1 Å². The van der Waals surface area contributed by atoms with E-state index in [0.717, 1.165) is 16.7 Å². The second-order valence-electron chi connectivity index (χ2n) is 4.54. The summed E-state index contributed by atoms with van der Waals surface area (Å²) in [6.45, 7) is 1.85. The van der Waals surface area contributed by atoms with E-state index in [0.29, 0.717) is 0 Å². The SMILES string of the molecule is C/C(=C\c1ccc(F)cc1)c1ccc(OC(F)=C(F)F)cc1. The van der Waals surface area contributed by atoms with E-state index in [2.05, 4.69) is 4.74 Å². The van der Waals surface area contributed by atoms with Crippen LogP contribution < -0.4 is 4.74 Å². The molecule has 0 amide bonds. The van der Waals surface area contributed by atoms with Gasteiger partial charge in [-0.2, -0.15) is 13.2 Å². The summed E-state index contributed by atoms with van der Waals surface area (Å²) < 4.78 is 53.7. The number of benzene rings is 2. The highest BCUT2D eigenvalue weighted by Crippen LogP contribution is 2.23. The van der Waals surface area contributed by atoms with Gasteiger partial charge in [0.1, 0.15) is 11.6 Å². The quantitative estimate of drug-likeness (QED) is 0.394. The topological polar surface area (TPSA) is 9.23 Å². The zero-order valence-corrected chi connectivity index (χ0v) is 11.6. The predicted octanol–water partition coefficient (Wildman–Crippen LogP) is 5.80. The van der Waals surface area contributed by atoms with Gasteiger partial charge in [0.05, 0.1) is 0 Å². The molecule has 2 aromatic rings. The lowest BCUT2D eigenvalue weighted by atomic mass is 10.0. The summed E-state index contributed by atoms with van der Waals surface area (Å²) in [6, 6.07) is 10.1. The van der Waals surface area contributed by atoms with Crippen LogP contribution in [0.1, 0.15) is 18.1 Å². The zero-order chi connectivity index (χ0) is 16.1. The molecule has 0 spiro atoms.